The largest absolute Gasteiger partial charge is 0.497 e. The lowest BCUT2D eigenvalue weighted by molar-refractivity contribution is -0.159. The van der Waals surface area contributed by atoms with E-state index in [1.165, 1.54) is 7.11 Å². The summed E-state index contributed by atoms with van der Waals surface area (Å²) in [6.45, 7) is 1.49. The zero-order chi connectivity index (χ0) is 19.9. The third-order valence-corrected chi connectivity index (χ3v) is 4.62. The lowest BCUT2D eigenvalue weighted by atomic mass is 10.1. The van der Waals surface area contributed by atoms with Gasteiger partial charge in [0.15, 0.2) is 0 Å². The van der Waals surface area contributed by atoms with Crippen LogP contribution in [0.3, 0.4) is 0 Å². The number of carbonyl (C=O) groups excluding carboxylic acids is 2. The SMILES string of the molecule is COc1ccc(OC)c(NC(=O)CC2C(=O)OCCN2Cc2ccccc2)c1. The molecule has 2 aromatic carbocycles. The number of morpholine rings is 1. The molecular weight excluding hydrogens is 360 g/mol. The third kappa shape index (κ3) is 4.80. The maximum Gasteiger partial charge on any atom is 0.323 e. The molecule has 148 valence electrons. The first-order chi connectivity index (χ1) is 13.6. The van der Waals surface area contributed by atoms with Crippen molar-refractivity contribution in [3.05, 3.63) is 54.1 Å². The second-order valence-corrected chi connectivity index (χ2v) is 6.46. The molecule has 0 radical (unpaired) electrons. The molecule has 1 unspecified atom stereocenters. The minimum atomic E-state index is -0.634. The van der Waals surface area contributed by atoms with Gasteiger partial charge in [0.25, 0.3) is 0 Å². The highest BCUT2D eigenvalue weighted by Crippen LogP contribution is 2.29. The van der Waals surface area contributed by atoms with E-state index >= 15 is 0 Å². The molecule has 0 saturated carbocycles. The molecular formula is C21H24N2O5. The quantitative estimate of drug-likeness (QED) is 0.739. The lowest BCUT2D eigenvalue weighted by Gasteiger charge is -2.33. The predicted molar refractivity (Wildman–Crippen MR) is 104 cm³/mol. The third-order valence-electron chi connectivity index (χ3n) is 4.62. The number of esters is 1. The molecule has 0 aliphatic carbocycles. The van der Waals surface area contributed by atoms with Gasteiger partial charge in [-0.05, 0) is 17.7 Å². The maximum atomic E-state index is 12.7. The van der Waals surface area contributed by atoms with E-state index in [9.17, 15) is 9.59 Å². The molecule has 1 fully saturated rings. The van der Waals surface area contributed by atoms with E-state index in [4.69, 9.17) is 14.2 Å². The van der Waals surface area contributed by atoms with Crippen LogP contribution >= 0.6 is 0 Å². The number of nitrogens with zero attached hydrogens (tertiary/aromatic N) is 1. The second kappa shape index (κ2) is 9.23. The minimum Gasteiger partial charge on any atom is -0.497 e. The van der Waals surface area contributed by atoms with Gasteiger partial charge in [0, 0.05) is 19.2 Å². The van der Waals surface area contributed by atoms with Crippen LogP contribution in [0.2, 0.25) is 0 Å². The number of ether oxygens (including phenoxy) is 3. The van der Waals surface area contributed by atoms with Crippen LogP contribution in [0.25, 0.3) is 0 Å². The molecule has 1 amide bonds. The van der Waals surface area contributed by atoms with Crippen LogP contribution < -0.4 is 14.8 Å². The topological polar surface area (TPSA) is 77.1 Å². The Hall–Kier alpha value is -3.06. The van der Waals surface area contributed by atoms with E-state index in [2.05, 4.69) is 5.32 Å². The highest BCUT2D eigenvalue weighted by molar-refractivity contribution is 5.95. The summed E-state index contributed by atoms with van der Waals surface area (Å²) in [7, 11) is 3.07. The summed E-state index contributed by atoms with van der Waals surface area (Å²) in [5, 5.41) is 2.81. The van der Waals surface area contributed by atoms with E-state index in [-0.39, 0.29) is 18.3 Å². The fourth-order valence-electron chi connectivity index (χ4n) is 3.17. The van der Waals surface area contributed by atoms with Crippen molar-refractivity contribution < 1.29 is 23.8 Å². The Morgan fingerprint density at radius 3 is 2.68 bits per heavy atom. The number of anilines is 1. The Kier molecular flexibility index (Phi) is 6.49. The van der Waals surface area contributed by atoms with Crippen molar-refractivity contribution in [1.82, 2.24) is 4.90 Å². The molecule has 1 saturated heterocycles. The molecule has 1 aliphatic heterocycles. The molecule has 0 bridgehead atoms. The van der Waals surface area contributed by atoms with Crippen LogP contribution in [0.5, 0.6) is 11.5 Å². The molecule has 28 heavy (non-hydrogen) atoms. The number of amides is 1. The highest BCUT2D eigenvalue weighted by Gasteiger charge is 2.33. The van der Waals surface area contributed by atoms with E-state index < -0.39 is 6.04 Å². The number of carbonyl (C=O) groups is 2. The van der Waals surface area contributed by atoms with Crippen molar-refractivity contribution in [2.24, 2.45) is 0 Å². The standard InChI is InChI=1S/C21H24N2O5/c1-26-16-8-9-19(27-2)17(12-16)22-20(24)13-18-21(25)28-11-10-23(18)14-15-6-4-3-5-7-15/h3-9,12,18H,10-11,13-14H2,1-2H3,(H,22,24). The first-order valence-corrected chi connectivity index (χ1v) is 9.07. The average molecular weight is 384 g/mol. The van der Waals surface area contributed by atoms with Crippen LogP contribution in [0.4, 0.5) is 5.69 Å². The summed E-state index contributed by atoms with van der Waals surface area (Å²) in [4.78, 5) is 26.9. The Balaban J connectivity index is 1.71. The zero-order valence-electron chi connectivity index (χ0n) is 16.0. The summed E-state index contributed by atoms with van der Waals surface area (Å²) in [6, 6.07) is 14.3. The van der Waals surface area contributed by atoms with Gasteiger partial charge in [0.1, 0.15) is 24.1 Å². The van der Waals surface area contributed by atoms with Crippen molar-refractivity contribution in [2.75, 3.05) is 32.7 Å². The van der Waals surface area contributed by atoms with E-state index in [1.807, 2.05) is 35.2 Å². The smallest absolute Gasteiger partial charge is 0.323 e. The fraction of sp³-hybridized carbons (Fsp3) is 0.333. The number of hydrogen-bond donors (Lipinski definition) is 1. The minimum absolute atomic E-state index is 0.00791. The molecule has 1 aliphatic rings. The molecule has 0 spiro atoms. The summed E-state index contributed by atoms with van der Waals surface area (Å²) in [5.41, 5.74) is 1.57. The van der Waals surface area contributed by atoms with Crippen LogP contribution in [-0.4, -0.2) is 50.2 Å². The summed E-state index contributed by atoms with van der Waals surface area (Å²) in [5.74, 6) is 0.434. The van der Waals surface area contributed by atoms with Gasteiger partial charge in [0.2, 0.25) is 5.91 Å². The van der Waals surface area contributed by atoms with Gasteiger partial charge >= 0.3 is 5.97 Å². The molecule has 2 aromatic rings. The van der Waals surface area contributed by atoms with Gasteiger partial charge in [0.05, 0.1) is 26.3 Å². The fourth-order valence-corrected chi connectivity index (χ4v) is 3.17. The Bertz CT molecular complexity index is 825. The number of benzene rings is 2. The first kappa shape index (κ1) is 19.7. The average Bonchev–Trinajstić information content (AvgIpc) is 2.71. The van der Waals surface area contributed by atoms with Gasteiger partial charge in [-0.15, -0.1) is 0 Å². The van der Waals surface area contributed by atoms with Crippen molar-refractivity contribution in [2.45, 2.75) is 19.0 Å². The Morgan fingerprint density at radius 1 is 1.18 bits per heavy atom. The monoisotopic (exact) mass is 384 g/mol. The van der Waals surface area contributed by atoms with Crippen molar-refractivity contribution in [3.63, 3.8) is 0 Å². The number of nitrogens with one attached hydrogen (secondary N) is 1. The van der Waals surface area contributed by atoms with Crippen LogP contribution in [0, 0.1) is 0 Å². The highest BCUT2D eigenvalue weighted by atomic mass is 16.5. The van der Waals surface area contributed by atoms with Gasteiger partial charge < -0.3 is 19.5 Å². The number of rotatable bonds is 7. The van der Waals surface area contributed by atoms with Gasteiger partial charge in [-0.3, -0.25) is 14.5 Å². The Morgan fingerprint density at radius 2 is 1.96 bits per heavy atom. The van der Waals surface area contributed by atoms with E-state index in [0.717, 1.165) is 5.56 Å². The molecule has 3 rings (SSSR count). The number of methoxy groups -OCH3 is 2. The van der Waals surface area contributed by atoms with E-state index in [1.54, 1.807) is 25.3 Å². The van der Waals surface area contributed by atoms with Crippen molar-refractivity contribution in [1.29, 1.82) is 0 Å². The molecule has 1 N–H and O–H groups in total. The predicted octanol–water partition coefficient (Wildman–Crippen LogP) is 2.46. The van der Waals surface area contributed by atoms with Crippen LogP contribution in [-0.2, 0) is 20.9 Å². The normalized spacial score (nSPS) is 16.9. The molecule has 1 atom stereocenters. The second-order valence-electron chi connectivity index (χ2n) is 6.46. The van der Waals surface area contributed by atoms with Crippen LogP contribution in [0.15, 0.2) is 48.5 Å². The van der Waals surface area contributed by atoms with Crippen molar-refractivity contribution in [3.8, 4) is 11.5 Å². The first-order valence-electron chi connectivity index (χ1n) is 9.07. The van der Waals surface area contributed by atoms with E-state index in [0.29, 0.717) is 36.9 Å². The number of cyclic esters (lactones) is 1. The molecule has 7 heteroatoms. The summed E-state index contributed by atoms with van der Waals surface area (Å²) >= 11 is 0. The van der Waals surface area contributed by atoms with Gasteiger partial charge in [-0.2, -0.15) is 0 Å². The molecule has 7 nitrogen and oxygen atoms in total. The van der Waals surface area contributed by atoms with Crippen LogP contribution in [0.1, 0.15) is 12.0 Å². The lowest BCUT2D eigenvalue weighted by Crippen LogP contribution is -2.49. The summed E-state index contributed by atoms with van der Waals surface area (Å²) in [6.07, 6.45) is -0.00791. The maximum absolute atomic E-state index is 12.7. The summed E-state index contributed by atoms with van der Waals surface area (Å²) < 4.78 is 15.7. The zero-order valence-corrected chi connectivity index (χ0v) is 16.0. The Labute approximate surface area is 164 Å². The van der Waals surface area contributed by atoms with Gasteiger partial charge in [-0.1, -0.05) is 30.3 Å². The molecule has 0 aromatic heterocycles. The van der Waals surface area contributed by atoms with Gasteiger partial charge in [-0.25, -0.2) is 0 Å². The van der Waals surface area contributed by atoms with Crippen molar-refractivity contribution >= 4 is 17.6 Å². The molecule has 1 heterocycles. The number of hydrogen-bond acceptors (Lipinski definition) is 6.